The van der Waals surface area contributed by atoms with Crippen molar-refractivity contribution in [3.8, 4) is 0 Å². The van der Waals surface area contributed by atoms with Gasteiger partial charge in [0, 0.05) is 24.6 Å². The quantitative estimate of drug-likeness (QED) is 0.716. The van der Waals surface area contributed by atoms with Gasteiger partial charge in [0.2, 0.25) is 0 Å². The second-order valence-corrected chi connectivity index (χ2v) is 6.55. The van der Waals surface area contributed by atoms with Crippen molar-refractivity contribution >= 4 is 12.0 Å². The summed E-state index contributed by atoms with van der Waals surface area (Å²) >= 11 is 0. The zero-order valence-electron chi connectivity index (χ0n) is 12.7. The van der Waals surface area contributed by atoms with E-state index in [1.807, 2.05) is 27.7 Å². The van der Waals surface area contributed by atoms with Crippen LogP contribution in [0, 0.1) is 11.3 Å². The first-order valence-electron chi connectivity index (χ1n) is 7.06. The first-order chi connectivity index (χ1) is 9.20. The molecule has 1 aliphatic heterocycles. The lowest BCUT2D eigenvalue weighted by atomic mass is 9.85. The van der Waals surface area contributed by atoms with Crippen molar-refractivity contribution in [2.75, 3.05) is 13.2 Å². The second kappa shape index (κ2) is 6.92. The van der Waals surface area contributed by atoms with E-state index in [1.54, 1.807) is 0 Å². The van der Waals surface area contributed by atoms with E-state index in [2.05, 4.69) is 10.6 Å². The van der Waals surface area contributed by atoms with Gasteiger partial charge in [-0.05, 0) is 18.8 Å². The van der Waals surface area contributed by atoms with Crippen LogP contribution in [0.15, 0.2) is 0 Å². The molecule has 1 aliphatic rings. The molecule has 116 valence electrons. The Bertz CT molecular complexity index is 346. The maximum absolute atomic E-state index is 12.0. The van der Waals surface area contributed by atoms with Gasteiger partial charge in [0.05, 0.1) is 13.0 Å². The van der Waals surface area contributed by atoms with E-state index < -0.39 is 12.0 Å². The molecule has 1 rings (SSSR count). The van der Waals surface area contributed by atoms with Gasteiger partial charge >= 0.3 is 12.0 Å². The molecule has 0 aromatic heterocycles. The molecule has 2 amide bonds. The van der Waals surface area contributed by atoms with Gasteiger partial charge in [-0.2, -0.15) is 0 Å². The standard InChI is InChI=1S/C14H26N2O4/c1-9(10-5-6-20-8-10)15-13(19)16-11(7-12(17)18)14(2,3)4/h9-11H,5-8H2,1-4H3,(H,17,18)(H2,15,16,19). The van der Waals surface area contributed by atoms with Crippen molar-refractivity contribution in [3.63, 3.8) is 0 Å². The SMILES string of the molecule is CC(NC(=O)NC(CC(=O)O)C(C)(C)C)C1CCOC1. The number of hydrogen-bond acceptors (Lipinski definition) is 3. The van der Waals surface area contributed by atoms with Crippen molar-refractivity contribution in [1.82, 2.24) is 10.6 Å². The monoisotopic (exact) mass is 286 g/mol. The van der Waals surface area contributed by atoms with E-state index >= 15 is 0 Å². The number of carbonyl (C=O) groups excluding carboxylic acids is 1. The molecule has 3 atom stereocenters. The summed E-state index contributed by atoms with van der Waals surface area (Å²) in [5, 5.41) is 14.6. The summed E-state index contributed by atoms with van der Waals surface area (Å²) in [6.45, 7) is 9.09. The largest absolute Gasteiger partial charge is 0.481 e. The lowest BCUT2D eigenvalue weighted by Crippen LogP contribution is -2.52. The van der Waals surface area contributed by atoms with Gasteiger partial charge < -0.3 is 20.5 Å². The summed E-state index contributed by atoms with van der Waals surface area (Å²) in [4.78, 5) is 22.9. The van der Waals surface area contributed by atoms with E-state index in [0.29, 0.717) is 12.5 Å². The van der Waals surface area contributed by atoms with Crippen LogP contribution in [-0.4, -0.2) is 42.4 Å². The van der Waals surface area contributed by atoms with Crippen LogP contribution >= 0.6 is 0 Å². The Kier molecular flexibility index (Phi) is 5.80. The summed E-state index contributed by atoms with van der Waals surface area (Å²) in [6, 6.07) is -0.708. The molecule has 0 aromatic carbocycles. The summed E-state index contributed by atoms with van der Waals surface area (Å²) in [5.74, 6) is -0.587. The van der Waals surface area contributed by atoms with Crippen LogP contribution in [0.1, 0.15) is 40.5 Å². The van der Waals surface area contributed by atoms with Gasteiger partial charge in [0.25, 0.3) is 0 Å². The fraction of sp³-hybridized carbons (Fsp3) is 0.857. The number of rotatable bonds is 5. The molecule has 0 aliphatic carbocycles. The average Bonchev–Trinajstić information content (AvgIpc) is 2.79. The minimum absolute atomic E-state index is 0.0166. The molecule has 3 N–H and O–H groups in total. The Morgan fingerprint density at radius 2 is 2.00 bits per heavy atom. The third-order valence-electron chi connectivity index (χ3n) is 3.76. The fourth-order valence-electron chi connectivity index (χ4n) is 2.22. The predicted molar refractivity (Wildman–Crippen MR) is 75.6 cm³/mol. The third kappa shape index (κ3) is 5.36. The minimum Gasteiger partial charge on any atom is -0.481 e. The van der Waals surface area contributed by atoms with Gasteiger partial charge in [0.15, 0.2) is 0 Å². The topological polar surface area (TPSA) is 87.7 Å². The van der Waals surface area contributed by atoms with Gasteiger partial charge in [0.1, 0.15) is 0 Å². The normalized spacial score (nSPS) is 22.1. The molecule has 3 unspecified atom stereocenters. The number of urea groups is 1. The number of amides is 2. The number of hydrogen-bond donors (Lipinski definition) is 3. The molecule has 0 saturated carbocycles. The first kappa shape index (κ1) is 16.8. The molecule has 1 saturated heterocycles. The molecule has 0 radical (unpaired) electrons. The number of carboxylic acid groups (broad SMARTS) is 1. The Morgan fingerprint density at radius 3 is 2.45 bits per heavy atom. The highest BCUT2D eigenvalue weighted by Gasteiger charge is 2.30. The van der Waals surface area contributed by atoms with Crippen molar-refractivity contribution in [3.05, 3.63) is 0 Å². The lowest BCUT2D eigenvalue weighted by molar-refractivity contribution is -0.138. The van der Waals surface area contributed by atoms with Crippen LogP contribution in [0.5, 0.6) is 0 Å². The zero-order chi connectivity index (χ0) is 15.3. The van der Waals surface area contributed by atoms with E-state index in [-0.39, 0.29) is 23.9 Å². The summed E-state index contributed by atoms with van der Waals surface area (Å²) in [7, 11) is 0. The van der Waals surface area contributed by atoms with Gasteiger partial charge in [-0.3, -0.25) is 4.79 Å². The Hall–Kier alpha value is -1.30. The van der Waals surface area contributed by atoms with Crippen molar-refractivity contribution in [1.29, 1.82) is 0 Å². The summed E-state index contributed by atoms with van der Waals surface area (Å²) < 4.78 is 5.30. The number of carboxylic acids is 1. The number of carbonyl (C=O) groups is 2. The van der Waals surface area contributed by atoms with Gasteiger partial charge in [-0.15, -0.1) is 0 Å². The molecular formula is C14H26N2O4. The highest BCUT2D eigenvalue weighted by atomic mass is 16.5. The highest BCUT2D eigenvalue weighted by Crippen LogP contribution is 2.22. The Balaban J connectivity index is 2.50. The van der Waals surface area contributed by atoms with E-state index in [4.69, 9.17) is 9.84 Å². The van der Waals surface area contributed by atoms with Crippen LogP contribution in [0.25, 0.3) is 0 Å². The minimum atomic E-state index is -0.914. The molecule has 1 heterocycles. The first-order valence-corrected chi connectivity index (χ1v) is 7.06. The molecule has 0 aromatic rings. The molecule has 6 nitrogen and oxygen atoms in total. The van der Waals surface area contributed by atoms with Crippen LogP contribution in [0.2, 0.25) is 0 Å². The lowest BCUT2D eigenvalue weighted by Gasteiger charge is -2.31. The second-order valence-electron chi connectivity index (χ2n) is 6.55. The van der Waals surface area contributed by atoms with Gasteiger partial charge in [-0.1, -0.05) is 20.8 Å². The molecule has 0 spiro atoms. The fourth-order valence-corrected chi connectivity index (χ4v) is 2.22. The van der Waals surface area contributed by atoms with Crippen molar-refractivity contribution < 1.29 is 19.4 Å². The van der Waals surface area contributed by atoms with Crippen LogP contribution in [0.3, 0.4) is 0 Å². The third-order valence-corrected chi connectivity index (χ3v) is 3.76. The molecule has 0 bridgehead atoms. The maximum Gasteiger partial charge on any atom is 0.315 e. The maximum atomic E-state index is 12.0. The van der Waals surface area contributed by atoms with E-state index in [0.717, 1.165) is 13.0 Å². The number of aliphatic carboxylic acids is 1. The van der Waals surface area contributed by atoms with Crippen molar-refractivity contribution in [2.45, 2.75) is 52.6 Å². The summed E-state index contributed by atoms with van der Waals surface area (Å²) in [5.41, 5.74) is -0.310. The number of ether oxygens (including phenoxy) is 1. The Morgan fingerprint density at radius 1 is 1.35 bits per heavy atom. The Labute approximate surface area is 120 Å². The molecule has 1 fully saturated rings. The van der Waals surface area contributed by atoms with E-state index in [9.17, 15) is 9.59 Å². The van der Waals surface area contributed by atoms with Gasteiger partial charge in [-0.25, -0.2) is 4.79 Å². The highest BCUT2D eigenvalue weighted by molar-refractivity contribution is 5.76. The zero-order valence-corrected chi connectivity index (χ0v) is 12.7. The van der Waals surface area contributed by atoms with Crippen LogP contribution in [0.4, 0.5) is 4.79 Å². The molecule has 20 heavy (non-hydrogen) atoms. The van der Waals surface area contributed by atoms with E-state index in [1.165, 1.54) is 0 Å². The van der Waals surface area contributed by atoms with Crippen molar-refractivity contribution in [2.24, 2.45) is 11.3 Å². The van der Waals surface area contributed by atoms with Crippen LogP contribution in [-0.2, 0) is 9.53 Å². The van der Waals surface area contributed by atoms with Crippen LogP contribution < -0.4 is 10.6 Å². The average molecular weight is 286 g/mol. The molecule has 6 heteroatoms. The summed E-state index contributed by atoms with van der Waals surface area (Å²) in [6.07, 6.45) is 0.858. The molecular weight excluding hydrogens is 260 g/mol. The smallest absolute Gasteiger partial charge is 0.315 e. The number of nitrogens with one attached hydrogen (secondary N) is 2. The predicted octanol–water partition coefficient (Wildman–Crippen LogP) is 1.60.